The molecule has 6 atom stereocenters. The number of methoxy groups -OCH3 is 1. The second-order valence-corrected chi connectivity index (χ2v) is 13.8. The van der Waals surface area contributed by atoms with Crippen LogP contribution in [0.3, 0.4) is 0 Å². The number of hydrogen-bond acceptors (Lipinski definition) is 6. The number of carbonyl (C=O) groups excluding carboxylic acids is 3. The van der Waals surface area contributed by atoms with Gasteiger partial charge in [0.05, 0.1) is 23.7 Å². The molecule has 1 N–H and O–H groups in total. The maximum absolute atomic E-state index is 14.9. The number of ether oxygens (including phenoxy) is 1. The van der Waals surface area contributed by atoms with E-state index in [4.69, 9.17) is 4.74 Å². The zero-order chi connectivity index (χ0) is 32.1. The van der Waals surface area contributed by atoms with Crippen LogP contribution in [0.4, 0.5) is 5.69 Å². The van der Waals surface area contributed by atoms with Crippen molar-refractivity contribution in [3.63, 3.8) is 0 Å². The Bertz CT molecular complexity index is 1380. The van der Waals surface area contributed by atoms with Crippen LogP contribution in [0.5, 0.6) is 5.75 Å². The van der Waals surface area contributed by atoms with E-state index in [1.54, 1.807) is 40.8 Å². The average Bonchev–Trinajstić information content (AvgIpc) is 3.65. The lowest BCUT2D eigenvalue weighted by molar-refractivity contribution is -0.144. The van der Waals surface area contributed by atoms with Gasteiger partial charge in [0.2, 0.25) is 11.8 Å². The molecule has 0 aromatic heterocycles. The number of thioether (sulfide) groups is 1. The van der Waals surface area contributed by atoms with Gasteiger partial charge in [-0.3, -0.25) is 14.4 Å². The van der Waals surface area contributed by atoms with E-state index in [0.717, 1.165) is 18.4 Å². The zero-order valence-electron chi connectivity index (χ0n) is 26.3. The highest BCUT2D eigenvalue weighted by atomic mass is 32.2. The van der Waals surface area contributed by atoms with Gasteiger partial charge in [0.1, 0.15) is 11.8 Å². The maximum Gasteiger partial charge on any atom is 0.251 e. The summed E-state index contributed by atoms with van der Waals surface area (Å²) >= 11 is 1.69. The minimum atomic E-state index is -0.728. The Hall–Kier alpha value is -3.56. The summed E-state index contributed by atoms with van der Waals surface area (Å²) in [7, 11) is 1.60. The van der Waals surface area contributed by atoms with Crippen molar-refractivity contribution in [3.05, 3.63) is 85.5 Å². The van der Waals surface area contributed by atoms with Gasteiger partial charge >= 0.3 is 0 Å². The molecule has 0 radical (unpaired) electrons. The molecule has 1 spiro atoms. The highest BCUT2D eigenvalue weighted by Gasteiger charge is 2.76. The van der Waals surface area contributed by atoms with Gasteiger partial charge in [0, 0.05) is 43.7 Å². The number of rotatable bonds is 15. The predicted octanol–water partition coefficient (Wildman–Crippen LogP) is 4.93. The quantitative estimate of drug-likeness (QED) is 0.222. The van der Waals surface area contributed by atoms with Gasteiger partial charge in [0.25, 0.3) is 5.91 Å². The van der Waals surface area contributed by atoms with Gasteiger partial charge in [-0.1, -0.05) is 49.4 Å². The minimum absolute atomic E-state index is 0.0465. The topological polar surface area (TPSA) is 90.4 Å². The molecule has 0 aliphatic carbocycles. The molecule has 5 rings (SSSR count). The summed E-state index contributed by atoms with van der Waals surface area (Å²) in [5, 5.41) is 9.33. The van der Waals surface area contributed by atoms with Gasteiger partial charge in [0.15, 0.2) is 0 Å². The van der Waals surface area contributed by atoms with Crippen molar-refractivity contribution in [1.82, 2.24) is 9.80 Å². The Balaban J connectivity index is 1.53. The number of fused-ring (bicyclic) bond motifs is 1. The molecule has 240 valence electrons. The molecular weight excluding hydrogens is 586 g/mol. The van der Waals surface area contributed by atoms with Crippen LogP contribution in [-0.4, -0.2) is 82.0 Å². The Morgan fingerprint density at radius 1 is 1.04 bits per heavy atom. The van der Waals surface area contributed by atoms with Crippen LogP contribution in [0.1, 0.15) is 38.2 Å². The van der Waals surface area contributed by atoms with Gasteiger partial charge < -0.3 is 24.5 Å². The minimum Gasteiger partial charge on any atom is -0.497 e. The van der Waals surface area contributed by atoms with Gasteiger partial charge in [-0.25, -0.2) is 0 Å². The van der Waals surface area contributed by atoms with E-state index in [1.165, 1.54) is 0 Å². The smallest absolute Gasteiger partial charge is 0.251 e. The molecule has 3 unspecified atom stereocenters. The molecule has 9 heteroatoms. The lowest BCUT2D eigenvalue weighted by atomic mass is 9.65. The molecule has 2 bridgehead atoms. The van der Waals surface area contributed by atoms with E-state index >= 15 is 0 Å². The Morgan fingerprint density at radius 3 is 2.40 bits per heavy atom. The summed E-state index contributed by atoms with van der Waals surface area (Å²) < 4.78 is 4.62. The van der Waals surface area contributed by atoms with Crippen molar-refractivity contribution in [1.29, 1.82) is 0 Å². The first kappa shape index (κ1) is 32.8. The van der Waals surface area contributed by atoms with E-state index < -0.39 is 22.6 Å². The third-order valence-electron chi connectivity index (χ3n) is 9.66. The lowest BCUT2D eigenvalue weighted by Gasteiger charge is -2.41. The number of hydrogen-bond donors (Lipinski definition) is 1. The molecular formula is C36H45N3O5S. The molecule has 2 aromatic rings. The fourth-order valence-corrected chi connectivity index (χ4v) is 10.1. The molecule has 45 heavy (non-hydrogen) atoms. The van der Waals surface area contributed by atoms with Crippen molar-refractivity contribution in [3.8, 4) is 5.75 Å². The van der Waals surface area contributed by atoms with Crippen LogP contribution in [-0.2, 0) is 20.9 Å². The summed E-state index contributed by atoms with van der Waals surface area (Å²) in [6.07, 6.45) is 6.24. The van der Waals surface area contributed by atoms with Crippen LogP contribution in [0.15, 0.2) is 79.9 Å². The first-order valence-electron chi connectivity index (χ1n) is 15.9. The summed E-state index contributed by atoms with van der Waals surface area (Å²) in [4.78, 5) is 49.2. The van der Waals surface area contributed by atoms with Crippen LogP contribution in [0.2, 0.25) is 0 Å². The third kappa shape index (κ3) is 6.04. The first-order chi connectivity index (χ1) is 21.8. The van der Waals surface area contributed by atoms with Crippen molar-refractivity contribution >= 4 is 35.2 Å². The lowest BCUT2D eigenvalue weighted by Crippen LogP contribution is -2.57. The number of likely N-dealkylation sites (tertiary alicyclic amines) is 1. The standard InChI is InChI=1S/C36H45N3O5S/c1-5-19-37(24-26-13-9-7-10-14-26)33(41)30-29-23-25(3)36(45-29)31(30)34(42)39(21-11-8-12-22-40)32(36)35(43)38(20-6-2)27-15-17-28(44-4)18-16-27/h5-7,9-10,13-18,25,29-32,40H,1-2,8,11-12,19-24H2,3-4H3/t25?,29-,30+,31-,32?,36?/m0/s1. The number of anilines is 1. The number of aliphatic hydroxyl groups excluding tert-OH is 1. The van der Waals surface area contributed by atoms with Crippen LogP contribution < -0.4 is 9.64 Å². The third-order valence-corrected chi connectivity index (χ3v) is 11.7. The van der Waals surface area contributed by atoms with Crippen molar-refractivity contribution in [2.24, 2.45) is 17.8 Å². The fraction of sp³-hybridized carbons (Fsp3) is 0.472. The average molecular weight is 632 g/mol. The normalized spacial score (nSPS) is 26.4. The van der Waals surface area contributed by atoms with E-state index in [9.17, 15) is 19.5 Å². The molecule has 0 saturated carbocycles. The Labute approximate surface area is 271 Å². The van der Waals surface area contributed by atoms with Gasteiger partial charge in [-0.15, -0.1) is 24.9 Å². The van der Waals surface area contributed by atoms with Crippen LogP contribution in [0.25, 0.3) is 0 Å². The van der Waals surface area contributed by atoms with E-state index in [-0.39, 0.29) is 42.0 Å². The number of benzene rings is 2. The second kappa shape index (κ2) is 14.3. The zero-order valence-corrected chi connectivity index (χ0v) is 27.2. The monoisotopic (exact) mass is 631 g/mol. The number of unbranched alkanes of at least 4 members (excludes halogenated alkanes) is 2. The molecule has 3 amide bonds. The summed E-state index contributed by atoms with van der Waals surface area (Å²) in [6, 6.07) is 16.5. The first-order valence-corrected chi connectivity index (χ1v) is 16.8. The molecule has 3 fully saturated rings. The molecule has 3 heterocycles. The Morgan fingerprint density at radius 2 is 1.76 bits per heavy atom. The Kier molecular flexibility index (Phi) is 10.4. The van der Waals surface area contributed by atoms with Gasteiger partial charge in [-0.2, -0.15) is 0 Å². The maximum atomic E-state index is 14.9. The van der Waals surface area contributed by atoms with E-state index in [2.05, 4.69) is 20.1 Å². The van der Waals surface area contributed by atoms with E-state index in [0.29, 0.717) is 43.9 Å². The number of aliphatic hydroxyl groups is 1. The molecule has 2 aromatic carbocycles. The number of amides is 3. The SMILES string of the molecule is C=CCN(Cc1ccccc1)C(=O)[C@@H]1[C@@H]2CC(C)C3(S2)C(C(=O)N(CC=C)c2ccc(OC)cc2)N(CCCCCO)C(=O)[C@H]13. The molecule has 8 nitrogen and oxygen atoms in total. The summed E-state index contributed by atoms with van der Waals surface area (Å²) in [6.45, 7) is 11.5. The highest BCUT2D eigenvalue weighted by Crippen LogP contribution is 2.69. The number of carbonyl (C=O) groups is 3. The fourth-order valence-electron chi connectivity index (χ4n) is 7.66. The van der Waals surface area contributed by atoms with Crippen LogP contribution >= 0.6 is 11.8 Å². The van der Waals surface area contributed by atoms with E-state index in [1.807, 2.05) is 59.5 Å². The second-order valence-electron chi connectivity index (χ2n) is 12.3. The van der Waals surface area contributed by atoms with Gasteiger partial charge in [-0.05, 0) is 61.4 Å². The summed E-state index contributed by atoms with van der Waals surface area (Å²) in [5.74, 6) is -0.680. The van der Waals surface area contributed by atoms with Crippen LogP contribution in [0, 0.1) is 17.8 Å². The molecule has 3 aliphatic heterocycles. The van der Waals surface area contributed by atoms with Crippen molar-refractivity contribution in [2.45, 2.75) is 55.2 Å². The van der Waals surface area contributed by atoms with Crippen molar-refractivity contribution < 1.29 is 24.2 Å². The van der Waals surface area contributed by atoms with Crippen molar-refractivity contribution in [2.75, 3.05) is 38.3 Å². The number of nitrogens with zero attached hydrogens (tertiary/aromatic N) is 3. The predicted molar refractivity (Wildman–Crippen MR) is 179 cm³/mol. The summed E-state index contributed by atoms with van der Waals surface area (Å²) in [5.41, 5.74) is 1.72. The highest BCUT2D eigenvalue weighted by molar-refractivity contribution is 8.02. The molecule has 3 saturated heterocycles. The largest absolute Gasteiger partial charge is 0.497 e. The molecule has 3 aliphatic rings.